The number of nitrogens with zero attached hydrogens (tertiary/aromatic N) is 2. The van der Waals surface area contributed by atoms with E-state index in [1.807, 2.05) is 37.3 Å². The third-order valence-corrected chi connectivity index (χ3v) is 4.70. The van der Waals surface area contributed by atoms with Crippen LogP contribution in [0.4, 0.5) is 10.6 Å². The molecule has 1 aromatic carbocycles. The quantitative estimate of drug-likeness (QED) is 0.392. The Morgan fingerprint density at radius 1 is 1.31 bits per heavy atom. The molecule has 2 atom stereocenters. The lowest BCUT2D eigenvalue weighted by Crippen LogP contribution is -2.38. The van der Waals surface area contributed by atoms with E-state index >= 15 is 0 Å². The van der Waals surface area contributed by atoms with Crippen LogP contribution in [-0.2, 0) is 13.0 Å². The zero-order chi connectivity index (χ0) is 20.8. The number of aromatic nitrogens is 3. The van der Waals surface area contributed by atoms with E-state index in [9.17, 15) is 15.0 Å². The van der Waals surface area contributed by atoms with Crippen LogP contribution in [0.15, 0.2) is 36.4 Å². The highest BCUT2D eigenvalue weighted by atomic mass is 16.5. The van der Waals surface area contributed by atoms with Gasteiger partial charge in [0.25, 0.3) is 0 Å². The van der Waals surface area contributed by atoms with Crippen LogP contribution in [0.1, 0.15) is 18.2 Å². The number of carbonyl (C=O) groups excluding carboxylic acids is 1. The molecular formula is C20H25N5O4. The summed E-state index contributed by atoms with van der Waals surface area (Å²) in [6, 6.07) is 11.0. The van der Waals surface area contributed by atoms with Crippen molar-refractivity contribution in [1.82, 2.24) is 20.5 Å². The number of anilines is 1. The molecule has 0 aliphatic carbocycles. The molecule has 0 bridgehead atoms. The Bertz CT molecular complexity index is 960. The number of aliphatic hydroxyl groups excluding tert-OH is 2. The highest BCUT2D eigenvalue weighted by molar-refractivity contribution is 5.93. The SMILES string of the molecule is COc1n[nH]c2cc(NC(=O)NCC(O)C(C)Cc3ccccc3)nc(CO)c12. The van der Waals surface area contributed by atoms with Crippen LogP contribution in [-0.4, -0.2) is 51.2 Å². The molecule has 9 nitrogen and oxygen atoms in total. The van der Waals surface area contributed by atoms with E-state index in [2.05, 4.69) is 25.8 Å². The third-order valence-electron chi connectivity index (χ3n) is 4.70. The van der Waals surface area contributed by atoms with Crippen LogP contribution in [0.2, 0.25) is 0 Å². The fourth-order valence-electron chi connectivity index (χ4n) is 3.10. The van der Waals surface area contributed by atoms with Gasteiger partial charge < -0.3 is 20.3 Å². The van der Waals surface area contributed by atoms with Crippen LogP contribution >= 0.6 is 0 Å². The number of hydrogen-bond acceptors (Lipinski definition) is 6. The van der Waals surface area contributed by atoms with Crippen molar-refractivity contribution in [3.8, 4) is 5.88 Å². The maximum absolute atomic E-state index is 12.2. The Kier molecular flexibility index (Phi) is 6.63. The summed E-state index contributed by atoms with van der Waals surface area (Å²) in [7, 11) is 1.47. The molecule has 2 amide bonds. The van der Waals surface area contributed by atoms with E-state index in [1.54, 1.807) is 6.07 Å². The number of aliphatic hydroxyl groups is 2. The van der Waals surface area contributed by atoms with Gasteiger partial charge in [0.05, 0.1) is 36.4 Å². The molecule has 2 heterocycles. The summed E-state index contributed by atoms with van der Waals surface area (Å²) in [5.41, 5.74) is 2.04. The van der Waals surface area contributed by atoms with Gasteiger partial charge in [-0.1, -0.05) is 37.3 Å². The normalized spacial score (nSPS) is 13.1. The van der Waals surface area contributed by atoms with E-state index < -0.39 is 12.1 Å². The van der Waals surface area contributed by atoms with Gasteiger partial charge in [-0.2, -0.15) is 0 Å². The first-order chi connectivity index (χ1) is 14.0. The number of hydrogen-bond donors (Lipinski definition) is 5. The molecule has 3 rings (SSSR count). The molecule has 5 N–H and O–H groups in total. The van der Waals surface area contributed by atoms with Gasteiger partial charge in [0.1, 0.15) is 5.82 Å². The molecule has 3 aromatic rings. The molecule has 0 aliphatic rings. The summed E-state index contributed by atoms with van der Waals surface area (Å²) in [6.07, 6.45) is 0.0201. The Hall–Kier alpha value is -3.17. The second-order valence-corrected chi connectivity index (χ2v) is 6.84. The predicted molar refractivity (Wildman–Crippen MR) is 109 cm³/mol. The fourth-order valence-corrected chi connectivity index (χ4v) is 3.10. The lowest BCUT2D eigenvalue weighted by Gasteiger charge is -2.19. The van der Waals surface area contributed by atoms with Gasteiger partial charge in [-0.3, -0.25) is 10.4 Å². The minimum absolute atomic E-state index is 0.0226. The van der Waals surface area contributed by atoms with Crippen molar-refractivity contribution in [1.29, 1.82) is 0 Å². The number of benzene rings is 1. The molecule has 2 aromatic heterocycles. The molecule has 29 heavy (non-hydrogen) atoms. The second-order valence-electron chi connectivity index (χ2n) is 6.84. The highest BCUT2D eigenvalue weighted by Gasteiger charge is 2.17. The van der Waals surface area contributed by atoms with Crippen LogP contribution in [0, 0.1) is 5.92 Å². The number of H-pyrrole nitrogens is 1. The number of fused-ring (bicyclic) bond motifs is 1. The minimum Gasteiger partial charge on any atom is -0.479 e. The molecule has 0 radical (unpaired) electrons. The molecule has 0 fully saturated rings. The summed E-state index contributed by atoms with van der Waals surface area (Å²) >= 11 is 0. The molecule has 0 saturated heterocycles. The van der Waals surface area contributed by atoms with Gasteiger partial charge in [-0.25, -0.2) is 9.78 Å². The second kappa shape index (κ2) is 9.35. The van der Waals surface area contributed by atoms with E-state index in [0.29, 0.717) is 28.9 Å². The van der Waals surface area contributed by atoms with Crippen LogP contribution in [0.3, 0.4) is 0 Å². The molecule has 154 valence electrons. The van der Waals surface area contributed by atoms with Gasteiger partial charge in [-0.05, 0) is 17.9 Å². The Morgan fingerprint density at radius 2 is 2.07 bits per heavy atom. The van der Waals surface area contributed by atoms with Crippen LogP contribution < -0.4 is 15.4 Å². The molecule has 9 heteroatoms. The molecule has 0 aliphatic heterocycles. The van der Waals surface area contributed by atoms with Gasteiger partial charge in [0.2, 0.25) is 5.88 Å². The largest absolute Gasteiger partial charge is 0.479 e. The van der Waals surface area contributed by atoms with Gasteiger partial charge in [0, 0.05) is 12.6 Å². The Morgan fingerprint density at radius 3 is 2.76 bits per heavy atom. The lowest BCUT2D eigenvalue weighted by molar-refractivity contribution is 0.117. The molecule has 2 unspecified atom stereocenters. The number of pyridine rings is 1. The average molecular weight is 399 g/mol. The summed E-state index contributed by atoms with van der Waals surface area (Å²) in [5.74, 6) is 0.547. The summed E-state index contributed by atoms with van der Waals surface area (Å²) < 4.78 is 5.14. The number of nitrogens with one attached hydrogen (secondary N) is 3. The van der Waals surface area contributed by atoms with Crippen molar-refractivity contribution < 1.29 is 19.7 Å². The third kappa shape index (κ3) is 5.01. The maximum atomic E-state index is 12.2. The number of aromatic amines is 1. The molecule has 0 saturated carbocycles. The topological polar surface area (TPSA) is 132 Å². The van der Waals surface area contributed by atoms with Gasteiger partial charge in [-0.15, -0.1) is 5.10 Å². The minimum atomic E-state index is -0.693. The first kappa shape index (κ1) is 20.6. The lowest BCUT2D eigenvalue weighted by atomic mass is 9.96. The zero-order valence-electron chi connectivity index (χ0n) is 16.3. The summed E-state index contributed by atoms with van der Waals surface area (Å²) in [5, 5.41) is 32.5. The number of ether oxygens (including phenoxy) is 1. The van der Waals surface area contributed by atoms with Crippen molar-refractivity contribution in [2.24, 2.45) is 5.92 Å². The van der Waals surface area contributed by atoms with Crippen molar-refractivity contribution >= 4 is 22.8 Å². The van der Waals surface area contributed by atoms with E-state index in [-0.39, 0.29) is 24.9 Å². The first-order valence-electron chi connectivity index (χ1n) is 9.31. The fraction of sp³-hybridized carbons (Fsp3) is 0.350. The van der Waals surface area contributed by atoms with Crippen molar-refractivity contribution in [3.05, 3.63) is 47.7 Å². The Balaban J connectivity index is 1.57. The number of amides is 2. The van der Waals surface area contributed by atoms with E-state index in [4.69, 9.17) is 4.74 Å². The number of urea groups is 1. The first-order valence-corrected chi connectivity index (χ1v) is 9.31. The van der Waals surface area contributed by atoms with Crippen molar-refractivity contribution in [3.63, 3.8) is 0 Å². The average Bonchev–Trinajstić information content (AvgIpc) is 3.15. The van der Waals surface area contributed by atoms with E-state index in [0.717, 1.165) is 5.56 Å². The number of methoxy groups -OCH3 is 1. The molecular weight excluding hydrogens is 374 g/mol. The van der Waals surface area contributed by atoms with Gasteiger partial charge >= 0.3 is 6.03 Å². The van der Waals surface area contributed by atoms with Crippen molar-refractivity contribution in [2.75, 3.05) is 19.0 Å². The number of carbonyl (C=O) groups is 1. The monoisotopic (exact) mass is 399 g/mol. The number of rotatable bonds is 8. The summed E-state index contributed by atoms with van der Waals surface area (Å²) in [4.78, 5) is 16.4. The standard InChI is InChI=1S/C20H25N5O4/c1-12(8-13-6-4-3-5-7-13)16(27)10-21-20(28)23-17-9-14-18(15(11-26)22-17)19(29-2)25-24-14/h3-7,9,12,16,26-27H,8,10-11H2,1-2H3,(H,24,25)(H2,21,22,23,28). The van der Waals surface area contributed by atoms with E-state index in [1.165, 1.54) is 7.11 Å². The maximum Gasteiger partial charge on any atom is 0.320 e. The van der Waals surface area contributed by atoms with Crippen LogP contribution in [0.5, 0.6) is 5.88 Å². The van der Waals surface area contributed by atoms with Crippen molar-refractivity contribution in [2.45, 2.75) is 26.1 Å². The smallest absolute Gasteiger partial charge is 0.320 e. The highest BCUT2D eigenvalue weighted by Crippen LogP contribution is 2.27. The zero-order valence-corrected chi connectivity index (χ0v) is 16.3. The molecule has 0 spiro atoms. The summed E-state index contributed by atoms with van der Waals surface area (Å²) in [6.45, 7) is 1.71. The van der Waals surface area contributed by atoms with Gasteiger partial charge in [0.15, 0.2) is 0 Å². The Labute approximate surface area is 168 Å². The van der Waals surface area contributed by atoms with Crippen LogP contribution in [0.25, 0.3) is 10.9 Å². The predicted octanol–water partition coefficient (Wildman–Crippen LogP) is 1.82.